The van der Waals surface area contributed by atoms with E-state index in [1.165, 1.54) is 30.3 Å². The summed E-state index contributed by atoms with van der Waals surface area (Å²) in [4.78, 5) is 24.8. The van der Waals surface area contributed by atoms with Crippen molar-refractivity contribution < 1.29 is 58.5 Å². The molecule has 4 aliphatic heterocycles. The van der Waals surface area contributed by atoms with E-state index in [1.54, 1.807) is 0 Å². The number of nitrogens with zero attached hydrogens (tertiary/aromatic N) is 2. The second-order valence-corrected chi connectivity index (χ2v) is 9.97. The summed E-state index contributed by atoms with van der Waals surface area (Å²) in [6, 6.07) is 0. The summed E-state index contributed by atoms with van der Waals surface area (Å²) in [5.41, 5.74) is -8.14. The van der Waals surface area contributed by atoms with E-state index in [9.17, 15) is 49.0 Å². The molecule has 4 aliphatic rings. The number of aliphatic hydroxyl groups is 6. The van der Waals surface area contributed by atoms with E-state index in [-0.39, 0.29) is 11.6 Å². The predicted molar refractivity (Wildman–Crippen MR) is 134 cm³/mol. The van der Waals surface area contributed by atoms with Crippen LogP contribution in [0, 0.1) is 12.3 Å². The molecule has 2 saturated heterocycles. The number of hydrogen-bond acceptors (Lipinski definition) is 12. The van der Waals surface area contributed by atoms with Crippen LogP contribution in [0.2, 0.25) is 0 Å². The first-order valence-corrected chi connectivity index (χ1v) is 12.0. The lowest BCUT2D eigenvalue weighted by molar-refractivity contribution is -0.148. The van der Waals surface area contributed by atoms with Gasteiger partial charge in [0.15, 0.2) is 29.3 Å². The number of aliphatic hydroxyl groups excluding tert-OH is 4. The van der Waals surface area contributed by atoms with Crippen LogP contribution in [0.25, 0.3) is 0 Å². The lowest BCUT2D eigenvalue weighted by Gasteiger charge is -2.37. The first-order valence-electron chi connectivity index (χ1n) is 12.0. The number of nitrogens with one attached hydrogen (secondary N) is 2. The Morgan fingerprint density at radius 2 is 1.34 bits per heavy atom. The molecule has 0 radical (unpaired) electrons. The van der Waals surface area contributed by atoms with Crippen LogP contribution in [0.5, 0.6) is 0 Å². The monoisotopic (exact) mass is 586 g/mol. The largest absolute Gasteiger partial charge is 0.393 e. The molecule has 0 unspecified atom stereocenters. The Bertz CT molecular complexity index is 1180. The van der Waals surface area contributed by atoms with Crippen LogP contribution in [0.15, 0.2) is 49.4 Å². The number of ether oxygens (including phenoxy) is 2. The van der Waals surface area contributed by atoms with Gasteiger partial charge in [-0.15, -0.1) is 6.42 Å². The van der Waals surface area contributed by atoms with E-state index in [2.05, 4.69) is 23.8 Å². The van der Waals surface area contributed by atoms with Gasteiger partial charge in [0.2, 0.25) is 0 Å². The molecule has 4 rings (SSSR count). The average molecular weight is 587 g/mol. The molecule has 4 heterocycles. The normalized spacial score (nSPS) is 40.2. The fraction of sp³-hybridized carbons (Fsp3) is 0.520. The zero-order valence-electron chi connectivity index (χ0n) is 21.9. The van der Waals surface area contributed by atoms with Gasteiger partial charge in [-0.25, -0.2) is 8.78 Å². The third kappa shape index (κ3) is 5.22. The Kier molecular flexibility index (Phi) is 8.98. The summed E-state index contributed by atoms with van der Waals surface area (Å²) in [6.07, 6.45) is 3.93. The van der Waals surface area contributed by atoms with Crippen LogP contribution in [0.1, 0.15) is 6.92 Å². The summed E-state index contributed by atoms with van der Waals surface area (Å²) in [5, 5.41) is 64.3. The van der Waals surface area contributed by atoms with Crippen molar-refractivity contribution in [2.45, 2.75) is 54.0 Å². The summed E-state index contributed by atoms with van der Waals surface area (Å²) in [5.74, 6) is 1.26. The minimum Gasteiger partial charge on any atom is -0.393 e. The summed E-state index contributed by atoms with van der Waals surface area (Å²) < 4.78 is 37.1. The van der Waals surface area contributed by atoms with Crippen molar-refractivity contribution in [1.29, 1.82) is 0 Å². The van der Waals surface area contributed by atoms with Crippen LogP contribution in [0.3, 0.4) is 0 Å². The molecule has 0 aromatic rings. The van der Waals surface area contributed by atoms with Gasteiger partial charge in [-0.2, -0.15) is 0 Å². The van der Waals surface area contributed by atoms with Gasteiger partial charge >= 0.3 is 0 Å². The van der Waals surface area contributed by atoms with Crippen molar-refractivity contribution in [1.82, 2.24) is 20.4 Å². The Hall–Kier alpha value is -3.40. The highest BCUT2D eigenvalue weighted by Gasteiger charge is 2.65. The molecule has 2 amide bonds. The van der Waals surface area contributed by atoms with Gasteiger partial charge in [0.1, 0.15) is 42.8 Å². The molecule has 16 heteroatoms. The van der Waals surface area contributed by atoms with E-state index >= 15 is 0 Å². The van der Waals surface area contributed by atoms with Crippen molar-refractivity contribution in [2.24, 2.45) is 0 Å². The maximum Gasteiger partial charge on any atom is 0.250 e. The fourth-order valence-corrected chi connectivity index (χ4v) is 4.70. The molecule has 0 aromatic heterocycles. The predicted octanol–water partition coefficient (Wildman–Crippen LogP) is -3.24. The molecule has 0 aromatic carbocycles. The molecule has 8 N–H and O–H groups in total. The lowest BCUT2D eigenvalue weighted by Crippen LogP contribution is -2.56. The minimum absolute atomic E-state index is 0.0287. The number of alkyl halides is 2. The van der Waals surface area contributed by atoms with E-state index in [0.717, 1.165) is 11.0 Å². The minimum atomic E-state index is -2.30. The second-order valence-electron chi connectivity index (χ2n) is 9.97. The van der Waals surface area contributed by atoms with Crippen molar-refractivity contribution in [3.63, 3.8) is 0 Å². The quantitative estimate of drug-likeness (QED) is 0.145. The number of carbonyl (C=O) groups excluding carboxylic acids is 2. The molecule has 2 fully saturated rings. The topological polar surface area (TPSA) is 205 Å². The van der Waals surface area contributed by atoms with Crippen LogP contribution in [0.4, 0.5) is 8.78 Å². The van der Waals surface area contributed by atoms with E-state index in [1.807, 2.05) is 5.92 Å². The average Bonchev–Trinajstić information content (AvgIpc) is 3.29. The van der Waals surface area contributed by atoms with Crippen LogP contribution >= 0.6 is 0 Å². The molecule has 0 aliphatic carbocycles. The van der Waals surface area contributed by atoms with E-state index in [4.69, 9.17) is 15.9 Å². The number of amides is 2. The first-order chi connectivity index (χ1) is 19.1. The van der Waals surface area contributed by atoms with Crippen LogP contribution in [-0.4, -0.2) is 126 Å². The molecule has 14 nitrogen and oxygen atoms in total. The fourth-order valence-electron chi connectivity index (χ4n) is 4.70. The van der Waals surface area contributed by atoms with Crippen molar-refractivity contribution in [3.05, 3.63) is 49.4 Å². The number of halogens is 2. The molecule has 0 bridgehead atoms. The Morgan fingerprint density at radius 3 is 1.71 bits per heavy atom. The molecule has 41 heavy (non-hydrogen) atoms. The van der Waals surface area contributed by atoms with Crippen molar-refractivity contribution in [2.75, 3.05) is 26.6 Å². The van der Waals surface area contributed by atoms with Crippen molar-refractivity contribution >= 4 is 11.8 Å². The van der Waals surface area contributed by atoms with Gasteiger partial charge in [0.25, 0.3) is 11.8 Å². The van der Waals surface area contributed by atoms with E-state index < -0.39 is 85.4 Å². The number of carbonyl (C=O) groups is 2. The summed E-state index contributed by atoms with van der Waals surface area (Å²) in [7, 11) is 0. The van der Waals surface area contributed by atoms with Gasteiger partial charge < -0.3 is 60.5 Å². The van der Waals surface area contributed by atoms with Crippen LogP contribution < -0.4 is 10.6 Å². The van der Waals surface area contributed by atoms with Gasteiger partial charge in [0.05, 0.1) is 13.2 Å². The molecule has 0 spiro atoms. The second kappa shape index (κ2) is 11.5. The molecular formula is C25H32F2N4O10. The highest BCUT2D eigenvalue weighted by Crippen LogP contribution is 2.42. The van der Waals surface area contributed by atoms with E-state index in [0.29, 0.717) is 0 Å². The zero-order valence-corrected chi connectivity index (χ0v) is 21.9. The maximum absolute atomic E-state index is 13.2. The standard InChI is InChI=1S/C13H15FN2O5.C12H17FN2O5/c1-3-13(20)10(19)12(6-14,7-17)21-11(13)16-5-4-9(18)15-8(16)2;1-7-14-8(17)3-4-15(7)10-11(2,19)9(18)12(5-13,6-16)20-10/h1,4-5,10-11,17,19-20H,2,6-7H2,(H,15,18);3-4,9-10,16,18-19H,1,5-6H2,2H3,(H,14,17)/t10-,11-,12-,13-;9-,10+,11+,12+/m10/s1. The van der Waals surface area contributed by atoms with Gasteiger partial charge in [-0.3, -0.25) is 9.59 Å². The van der Waals surface area contributed by atoms with Gasteiger partial charge in [-0.1, -0.05) is 19.1 Å². The zero-order chi connectivity index (χ0) is 31.0. The van der Waals surface area contributed by atoms with Gasteiger partial charge in [-0.05, 0) is 6.92 Å². The smallest absolute Gasteiger partial charge is 0.250 e. The maximum atomic E-state index is 13.2. The molecule has 0 saturated carbocycles. The Labute approximate surface area is 233 Å². The highest BCUT2D eigenvalue weighted by atomic mass is 19.1. The summed E-state index contributed by atoms with van der Waals surface area (Å²) >= 11 is 0. The Balaban J connectivity index is 0.000000226. The number of hydrogen-bond donors (Lipinski definition) is 8. The SMILES string of the molecule is C#C[C@@]1(O)[C@H](O)[C@](CO)(CF)O[C@H]1N1C=CC(=O)NC1=C.C=C1NC(=O)C=CN1[C@@H]1O[C@@](CO)(CF)[C@@H](O)[C@@]1(C)O. The third-order valence-electron chi connectivity index (χ3n) is 7.19. The third-order valence-corrected chi connectivity index (χ3v) is 7.19. The first kappa shape index (κ1) is 32.1. The van der Waals surface area contributed by atoms with Crippen LogP contribution in [-0.2, 0) is 19.1 Å². The number of terminal acetylenes is 1. The Morgan fingerprint density at radius 1 is 0.927 bits per heavy atom. The highest BCUT2D eigenvalue weighted by molar-refractivity contribution is 5.90. The van der Waals surface area contributed by atoms with Crippen molar-refractivity contribution in [3.8, 4) is 12.3 Å². The lowest BCUT2D eigenvalue weighted by atomic mass is 9.87. The summed E-state index contributed by atoms with van der Waals surface area (Å²) in [6.45, 7) is 4.29. The molecule has 226 valence electrons. The number of rotatable bonds is 6. The van der Waals surface area contributed by atoms with Gasteiger partial charge in [0, 0.05) is 24.6 Å². The molecule has 8 atom stereocenters. The molecular weight excluding hydrogens is 554 g/mol.